The summed E-state index contributed by atoms with van der Waals surface area (Å²) in [4.78, 5) is 22.8. The molecule has 164 valence electrons. The highest BCUT2D eigenvalue weighted by atomic mass is 16.2. The second-order valence-corrected chi connectivity index (χ2v) is 8.17. The van der Waals surface area contributed by atoms with Gasteiger partial charge in [-0.05, 0) is 35.4 Å². The van der Waals surface area contributed by atoms with E-state index in [4.69, 9.17) is 4.98 Å². The Morgan fingerprint density at radius 3 is 2.68 bits per heavy atom. The minimum atomic E-state index is -0.381. The van der Waals surface area contributed by atoms with Crippen molar-refractivity contribution in [2.75, 3.05) is 18.0 Å². The molecule has 0 aliphatic carbocycles. The molecular weight excluding hydrogens is 426 g/mol. The van der Waals surface area contributed by atoms with Gasteiger partial charge in [0, 0.05) is 40.8 Å². The number of para-hydroxylation sites is 1. The van der Waals surface area contributed by atoms with Crippen LogP contribution < -0.4 is 10.2 Å². The van der Waals surface area contributed by atoms with Gasteiger partial charge in [0.05, 0.1) is 30.9 Å². The summed E-state index contributed by atoms with van der Waals surface area (Å²) < 4.78 is 1.79. The number of nitrogens with zero attached hydrogens (tertiary/aromatic N) is 6. The molecule has 3 aromatic heterocycles. The molecule has 0 bridgehead atoms. The molecule has 1 fully saturated rings. The Hall–Kier alpha value is -4.77. The van der Waals surface area contributed by atoms with Crippen LogP contribution in [0.15, 0.2) is 79.4 Å². The zero-order valence-corrected chi connectivity index (χ0v) is 18.1. The molecule has 8 nitrogen and oxygen atoms in total. The lowest BCUT2D eigenvalue weighted by molar-refractivity contribution is -0.120. The van der Waals surface area contributed by atoms with E-state index in [0.29, 0.717) is 6.54 Å². The van der Waals surface area contributed by atoms with E-state index in [0.717, 1.165) is 44.5 Å². The fourth-order valence-electron chi connectivity index (χ4n) is 4.42. The third-order valence-corrected chi connectivity index (χ3v) is 6.16. The number of anilines is 1. The van der Waals surface area contributed by atoms with Gasteiger partial charge in [0.25, 0.3) is 0 Å². The Balaban J connectivity index is 1.34. The summed E-state index contributed by atoms with van der Waals surface area (Å²) in [7, 11) is 0. The van der Waals surface area contributed by atoms with E-state index in [9.17, 15) is 10.1 Å². The smallest absolute Gasteiger partial charge is 0.239 e. The highest BCUT2D eigenvalue weighted by molar-refractivity contribution is 5.97. The molecule has 1 N–H and O–H groups in total. The summed E-state index contributed by atoms with van der Waals surface area (Å²) in [6.07, 6.45) is 7.43. The van der Waals surface area contributed by atoms with Crippen molar-refractivity contribution >= 4 is 28.1 Å². The predicted molar refractivity (Wildman–Crippen MR) is 129 cm³/mol. The van der Waals surface area contributed by atoms with Gasteiger partial charge in [-0.25, -0.2) is 9.50 Å². The number of hydrogen-bond donors (Lipinski definition) is 1. The molecule has 2 aromatic carbocycles. The number of carbonyl (C=O) groups is 1. The number of rotatable bonds is 3. The summed E-state index contributed by atoms with van der Waals surface area (Å²) in [5.41, 5.74) is 6.43. The van der Waals surface area contributed by atoms with Crippen molar-refractivity contribution in [3.05, 3.63) is 79.4 Å². The van der Waals surface area contributed by atoms with Crippen LogP contribution in [0.5, 0.6) is 0 Å². The summed E-state index contributed by atoms with van der Waals surface area (Å²) >= 11 is 0. The second kappa shape index (κ2) is 7.98. The topological polar surface area (TPSA) is 99.2 Å². The molecule has 5 aromatic rings. The van der Waals surface area contributed by atoms with Gasteiger partial charge in [-0.2, -0.15) is 10.4 Å². The van der Waals surface area contributed by atoms with E-state index in [-0.39, 0.29) is 18.5 Å². The minimum Gasteiger partial charge on any atom is -0.351 e. The molecule has 1 saturated heterocycles. The monoisotopic (exact) mass is 445 g/mol. The second-order valence-electron chi connectivity index (χ2n) is 8.17. The number of nitriles is 1. The molecule has 4 heterocycles. The highest BCUT2D eigenvalue weighted by Crippen LogP contribution is 2.31. The molecule has 6 rings (SSSR count). The number of carbonyl (C=O) groups excluding carboxylic acids is 1. The van der Waals surface area contributed by atoms with Crippen molar-refractivity contribution in [2.24, 2.45) is 0 Å². The average Bonchev–Trinajstić information content (AvgIpc) is 3.31. The van der Waals surface area contributed by atoms with Crippen LogP contribution in [0, 0.1) is 11.3 Å². The molecular formula is C26H19N7O. The van der Waals surface area contributed by atoms with Crippen molar-refractivity contribution < 1.29 is 4.79 Å². The van der Waals surface area contributed by atoms with Crippen LogP contribution >= 0.6 is 0 Å². The fourth-order valence-corrected chi connectivity index (χ4v) is 4.42. The van der Waals surface area contributed by atoms with Crippen molar-refractivity contribution in [1.82, 2.24) is 24.9 Å². The van der Waals surface area contributed by atoms with Gasteiger partial charge >= 0.3 is 0 Å². The number of fused-ring (bicyclic) bond motifs is 2. The standard InChI is InChI=1S/C26H19N7O/c27-11-20-13-29-25(34)16-32(20)19-7-5-17(6-8-19)18-12-30-26-23(14-31-33(26)15-18)21-9-10-28-24-4-2-1-3-22(21)24/h1-10,12,14-15,20H,13,16H2,(H,29,34). The van der Waals surface area contributed by atoms with E-state index in [1.807, 2.05) is 72.0 Å². The first kappa shape index (κ1) is 19.9. The summed E-state index contributed by atoms with van der Waals surface area (Å²) in [5.74, 6) is -0.0818. The third kappa shape index (κ3) is 3.31. The quantitative estimate of drug-likeness (QED) is 0.457. The molecule has 1 atom stereocenters. The highest BCUT2D eigenvalue weighted by Gasteiger charge is 2.26. The van der Waals surface area contributed by atoms with Crippen LogP contribution in [0.2, 0.25) is 0 Å². The van der Waals surface area contributed by atoms with Gasteiger partial charge < -0.3 is 10.2 Å². The van der Waals surface area contributed by atoms with Gasteiger partial charge in [-0.15, -0.1) is 0 Å². The predicted octanol–water partition coefficient (Wildman–Crippen LogP) is 3.44. The van der Waals surface area contributed by atoms with Crippen LogP contribution in [-0.2, 0) is 4.79 Å². The Morgan fingerprint density at radius 1 is 0.971 bits per heavy atom. The van der Waals surface area contributed by atoms with E-state index in [1.165, 1.54) is 0 Å². The Bertz CT molecular complexity index is 1580. The Morgan fingerprint density at radius 2 is 1.82 bits per heavy atom. The van der Waals surface area contributed by atoms with E-state index < -0.39 is 0 Å². The van der Waals surface area contributed by atoms with Crippen LogP contribution in [0.4, 0.5) is 5.69 Å². The van der Waals surface area contributed by atoms with Crippen LogP contribution in [-0.4, -0.2) is 44.6 Å². The van der Waals surface area contributed by atoms with E-state index >= 15 is 0 Å². The lowest BCUT2D eigenvalue weighted by atomic mass is 10.0. The van der Waals surface area contributed by atoms with E-state index in [1.54, 1.807) is 10.7 Å². The first-order valence-electron chi connectivity index (χ1n) is 10.9. The maximum Gasteiger partial charge on any atom is 0.239 e. The maximum atomic E-state index is 11.8. The molecule has 0 saturated carbocycles. The van der Waals surface area contributed by atoms with Crippen molar-refractivity contribution in [3.8, 4) is 28.3 Å². The van der Waals surface area contributed by atoms with Crippen LogP contribution in [0.1, 0.15) is 0 Å². The van der Waals surface area contributed by atoms with Gasteiger partial charge in [0.15, 0.2) is 5.65 Å². The fraction of sp³-hybridized carbons (Fsp3) is 0.115. The Kier molecular flexibility index (Phi) is 4.66. The molecule has 8 heteroatoms. The van der Waals surface area contributed by atoms with Gasteiger partial charge in [0.2, 0.25) is 5.91 Å². The molecule has 1 unspecified atom stereocenters. The lowest BCUT2D eigenvalue weighted by Gasteiger charge is -2.33. The van der Waals surface area contributed by atoms with Crippen LogP contribution in [0.25, 0.3) is 38.8 Å². The number of aromatic nitrogens is 4. The number of nitrogens with one attached hydrogen (secondary N) is 1. The van der Waals surface area contributed by atoms with Gasteiger partial charge in [0.1, 0.15) is 6.04 Å². The molecule has 1 aliphatic heterocycles. The molecule has 1 aliphatic rings. The SMILES string of the molecule is N#CC1CNC(=O)CN1c1ccc(-c2cnc3c(-c4ccnc5ccccc45)cnn3c2)cc1. The molecule has 1 amide bonds. The van der Waals surface area contributed by atoms with Crippen molar-refractivity contribution in [3.63, 3.8) is 0 Å². The van der Waals surface area contributed by atoms with Crippen molar-refractivity contribution in [1.29, 1.82) is 5.26 Å². The summed E-state index contributed by atoms with van der Waals surface area (Å²) in [6, 6.07) is 19.7. The van der Waals surface area contributed by atoms with Gasteiger partial charge in [-0.1, -0.05) is 30.3 Å². The lowest BCUT2D eigenvalue weighted by Crippen LogP contribution is -2.53. The first-order chi connectivity index (χ1) is 16.7. The van der Waals surface area contributed by atoms with Crippen LogP contribution in [0.3, 0.4) is 0 Å². The maximum absolute atomic E-state index is 11.8. The zero-order valence-electron chi connectivity index (χ0n) is 18.1. The average molecular weight is 445 g/mol. The zero-order chi connectivity index (χ0) is 23.1. The number of piperazine rings is 1. The van der Waals surface area contributed by atoms with E-state index in [2.05, 4.69) is 27.5 Å². The molecule has 34 heavy (non-hydrogen) atoms. The van der Waals surface area contributed by atoms with Gasteiger partial charge in [-0.3, -0.25) is 9.78 Å². The molecule has 0 radical (unpaired) electrons. The largest absolute Gasteiger partial charge is 0.351 e. The number of amides is 1. The van der Waals surface area contributed by atoms with Crippen molar-refractivity contribution in [2.45, 2.75) is 6.04 Å². The normalized spacial score (nSPS) is 15.9. The summed E-state index contributed by atoms with van der Waals surface area (Å²) in [5, 5.41) is 17.8. The first-order valence-corrected chi connectivity index (χ1v) is 10.9. The Labute approximate surface area is 195 Å². The summed E-state index contributed by atoms with van der Waals surface area (Å²) in [6.45, 7) is 0.497. The number of pyridine rings is 1. The number of hydrogen-bond acceptors (Lipinski definition) is 6. The molecule has 0 spiro atoms. The minimum absolute atomic E-state index is 0.0818. The number of benzene rings is 2. The third-order valence-electron chi connectivity index (χ3n) is 6.16.